The van der Waals surface area contributed by atoms with E-state index in [4.69, 9.17) is 0 Å². The largest absolute Gasteiger partial charge is 0.345 e. The molecule has 2 rings (SSSR count). The summed E-state index contributed by atoms with van der Waals surface area (Å²) < 4.78 is 0. The van der Waals surface area contributed by atoms with Gasteiger partial charge in [-0.1, -0.05) is 18.1 Å². The third-order valence-corrected chi connectivity index (χ3v) is 1.91. The predicted molar refractivity (Wildman–Crippen MR) is 58.0 cm³/mol. The molecule has 3 nitrogen and oxygen atoms in total. The Morgan fingerprint density at radius 2 is 2.29 bits per heavy atom. The highest BCUT2D eigenvalue weighted by Gasteiger charge is 1.98. The molecule has 0 amide bonds. The van der Waals surface area contributed by atoms with Crippen LogP contribution in [-0.2, 0) is 0 Å². The third-order valence-electron chi connectivity index (χ3n) is 1.91. The Labute approximate surface area is 82.6 Å². The van der Waals surface area contributed by atoms with E-state index in [1.54, 1.807) is 0 Å². The van der Waals surface area contributed by atoms with Crippen molar-refractivity contribution in [2.75, 3.05) is 11.9 Å². The number of hydrogen-bond acceptors (Lipinski definition) is 2. The average Bonchev–Trinajstić information content (AvgIpc) is 2.60. The number of aromatic nitrogens is 2. The summed E-state index contributed by atoms with van der Waals surface area (Å²) in [7, 11) is 0. The van der Waals surface area contributed by atoms with E-state index in [1.165, 1.54) is 0 Å². The molecule has 0 aliphatic carbocycles. The highest BCUT2D eigenvalue weighted by molar-refractivity contribution is 5.77. The second kappa shape index (κ2) is 3.84. The summed E-state index contributed by atoms with van der Waals surface area (Å²) >= 11 is 0. The second-order valence-electron chi connectivity index (χ2n) is 2.88. The number of hydrogen-bond donors (Lipinski definition) is 2. The number of nitrogens with zero attached hydrogens (tertiary/aromatic N) is 1. The molecule has 0 radical (unpaired) electrons. The minimum Gasteiger partial charge on any atom is -0.345 e. The maximum absolute atomic E-state index is 4.35. The van der Waals surface area contributed by atoms with Gasteiger partial charge >= 0.3 is 0 Å². The van der Waals surface area contributed by atoms with Gasteiger partial charge in [0.25, 0.3) is 0 Å². The quantitative estimate of drug-likeness (QED) is 0.702. The van der Waals surface area contributed by atoms with Crippen molar-refractivity contribution in [3.63, 3.8) is 0 Å². The topological polar surface area (TPSA) is 40.7 Å². The van der Waals surface area contributed by atoms with Gasteiger partial charge in [-0.15, -0.1) is 5.92 Å². The molecule has 2 aromatic rings. The van der Waals surface area contributed by atoms with Crippen LogP contribution in [0.1, 0.15) is 6.92 Å². The van der Waals surface area contributed by atoms with Crippen LogP contribution >= 0.6 is 0 Å². The first-order valence-electron chi connectivity index (χ1n) is 4.48. The van der Waals surface area contributed by atoms with Crippen molar-refractivity contribution < 1.29 is 0 Å². The first-order chi connectivity index (χ1) is 6.90. The number of imidazole rings is 1. The number of anilines is 1. The standard InChI is InChI=1S/C11H11N3/c1-2-3-8-12-11-13-9-6-4-5-7-10(9)14-11/h4-7H,8H2,1H3,(H2,12,13,14). The van der Waals surface area contributed by atoms with E-state index >= 15 is 0 Å². The number of rotatable bonds is 2. The maximum Gasteiger partial charge on any atom is 0.201 e. The number of para-hydroxylation sites is 2. The molecule has 14 heavy (non-hydrogen) atoms. The van der Waals surface area contributed by atoms with Crippen molar-refractivity contribution in [3.8, 4) is 11.8 Å². The van der Waals surface area contributed by atoms with Gasteiger partial charge in [0.05, 0.1) is 17.6 Å². The summed E-state index contributed by atoms with van der Waals surface area (Å²) in [5.41, 5.74) is 2.01. The number of benzene rings is 1. The summed E-state index contributed by atoms with van der Waals surface area (Å²) in [4.78, 5) is 7.51. The fourth-order valence-corrected chi connectivity index (χ4v) is 1.25. The zero-order valence-electron chi connectivity index (χ0n) is 7.96. The fraction of sp³-hybridized carbons (Fsp3) is 0.182. The molecule has 1 heterocycles. The first kappa shape index (κ1) is 8.64. The van der Waals surface area contributed by atoms with Crippen LogP contribution in [0.3, 0.4) is 0 Å². The number of aromatic amines is 1. The lowest BCUT2D eigenvalue weighted by Gasteiger charge is -1.93. The summed E-state index contributed by atoms with van der Waals surface area (Å²) in [5, 5.41) is 3.09. The van der Waals surface area contributed by atoms with Crippen LogP contribution < -0.4 is 5.32 Å². The summed E-state index contributed by atoms with van der Waals surface area (Å²) in [6, 6.07) is 7.93. The van der Waals surface area contributed by atoms with E-state index in [-0.39, 0.29) is 0 Å². The minimum atomic E-state index is 0.621. The summed E-state index contributed by atoms with van der Waals surface area (Å²) in [5.74, 6) is 6.51. The lowest BCUT2D eigenvalue weighted by Crippen LogP contribution is -1.99. The van der Waals surface area contributed by atoms with Gasteiger partial charge in [-0.05, 0) is 19.1 Å². The Hall–Kier alpha value is -1.95. The van der Waals surface area contributed by atoms with E-state index in [2.05, 4.69) is 27.1 Å². The number of nitrogens with one attached hydrogen (secondary N) is 2. The predicted octanol–water partition coefficient (Wildman–Crippen LogP) is 2.00. The highest BCUT2D eigenvalue weighted by atomic mass is 15.1. The zero-order chi connectivity index (χ0) is 9.80. The van der Waals surface area contributed by atoms with Crippen molar-refractivity contribution in [1.29, 1.82) is 0 Å². The lowest BCUT2D eigenvalue weighted by atomic mass is 10.3. The van der Waals surface area contributed by atoms with Gasteiger partial charge in [0, 0.05) is 0 Å². The molecule has 0 aliphatic heterocycles. The Balaban J connectivity index is 2.21. The van der Waals surface area contributed by atoms with Gasteiger partial charge < -0.3 is 10.3 Å². The lowest BCUT2D eigenvalue weighted by molar-refractivity contribution is 1.23. The van der Waals surface area contributed by atoms with E-state index in [9.17, 15) is 0 Å². The van der Waals surface area contributed by atoms with E-state index in [1.807, 2.05) is 31.2 Å². The van der Waals surface area contributed by atoms with Crippen molar-refractivity contribution in [2.24, 2.45) is 0 Å². The molecule has 0 spiro atoms. The molecule has 0 atom stereocenters. The fourth-order valence-electron chi connectivity index (χ4n) is 1.25. The zero-order valence-corrected chi connectivity index (χ0v) is 7.96. The Bertz CT molecular complexity index is 455. The second-order valence-corrected chi connectivity index (χ2v) is 2.88. The Kier molecular flexibility index (Phi) is 2.37. The average molecular weight is 185 g/mol. The van der Waals surface area contributed by atoms with Gasteiger partial charge in [0.15, 0.2) is 0 Å². The van der Waals surface area contributed by atoms with Crippen LogP contribution in [0.5, 0.6) is 0 Å². The van der Waals surface area contributed by atoms with Gasteiger partial charge in [0.1, 0.15) is 0 Å². The smallest absolute Gasteiger partial charge is 0.201 e. The summed E-state index contributed by atoms with van der Waals surface area (Å²) in [6.07, 6.45) is 0. The first-order valence-corrected chi connectivity index (χ1v) is 4.48. The monoisotopic (exact) mass is 185 g/mol. The van der Waals surface area contributed by atoms with E-state index in [0.717, 1.165) is 17.0 Å². The van der Waals surface area contributed by atoms with Crippen LogP contribution in [-0.4, -0.2) is 16.5 Å². The molecule has 0 saturated carbocycles. The maximum atomic E-state index is 4.35. The third kappa shape index (κ3) is 1.69. The molecule has 70 valence electrons. The minimum absolute atomic E-state index is 0.621. The molecular weight excluding hydrogens is 174 g/mol. The molecule has 0 bridgehead atoms. The van der Waals surface area contributed by atoms with Gasteiger partial charge in [-0.3, -0.25) is 0 Å². The molecule has 2 N–H and O–H groups in total. The van der Waals surface area contributed by atoms with Crippen LogP contribution in [0.25, 0.3) is 11.0 Å². The van der Waals surface area contributed by atoms with Gasteiger partial charge in [0.2, 0.25) is 5.95 Å². The molecule has 0 unspecified atom stereocenters. The molecule has 3 heteroatoms. The van der Waals surface area contributed by atoms with E-state index < -0.39 is 0 Å². The van der Waals surface area contributed by atoms with Crippen molar-refractivity contribution >= 4 is 17.0 Å². The van der Waals surface area contributed by atoms with Crippen LogP contribution in [0.15, 0.2) is 24.3 Å². The van der Waals surface area contributed by atoms with Crippen molar-refractivity contribution in [2.45, 2.75) is 6.92 Å². The molecule has 1 aromatic heterocycles. The Morgan fingerprint density at radius 3 is 3.07 bits per heavy atom. The number of fused-ring (bicyclic) bond motifs is 1. The SMILES string of the molecule is CC#CCNc1nc2ccccc2[nH]1. The highest BCUT2D eigenvalue weighted by Crippen LogP contribution is 2.12. The normalized spacial score (nSPS) is 9.50. The van der Waals surface area contributed by atoms with Crippen LogP contribution in [0.2, 0.25) is 0 Å². The number of H-pyrrole nitrogens is 1. The molecular formula is C11H11N3. The molecule has 0 aliphatic rings. The molecule has 1 aromatic carbocycles. The van der Waals surface area contributed by atoms with Gasteiger partial charge in [-0.25, -0.2) is 4.98 Å². The van der Waals surface area contributed by atoms with Crippen molar-refractivity contribution in [3.05, 3.63) is 24.3 Å². The van der Waals surface area contributed by atoms with E-state index in [0.29, 0.717) is 6.54 Å². The van der Waals surface area contributed by atoms with Crippen LogP contribution in [0, 0.1) is 11.8 Å². The molecule has 0 saturated heterocycles. The van der Waals surface area contributed by atoms with Crippen LogP contribution in [0.4, 0.5) is 5.95 Å². The Morgan fingerprint density at radius 1 is 1.43 bits per heavy atom. The molecule has 0 fully saturated rings. The van der Waals surface area contributed by atoms with Gasteiger partial charge in [-0.2, -0.15) is 0 Å². The van der Waals surface area contributed by atoms with Crippen molar-refractivity contribution in [1.82, 2.24) is 9.97 Å². The summed E-state index contributed by atoms with van der Waals surface area (Å²) in [6.45, 7) is 2.44.